The first kappa shape index (κ1) is 34.8. The van der Waals surface area contributed by atoms with E-state index in [2.05, 4.69) is 137 Å². The number of hydrogen-bond acceptors (Lipinski definition) is 5. The van der Waals surface area contributed by atoms with E-state index < -0.39 is 0 Å². The second-order valence-electron chi connectivity index (χ2n) is 12.1. The molecule has 0 bridgehead atoms. The van der Waals surface area contributed by atoms with Crippen LogP contribution in [0.15, 0.2) is 26.4 Å². The lowest BCUT2D eigenvalue weighted by Crippen LogP contribution is -2.54. The van der Waals surface area contributed by atoms with E-state index in [1.807, 2.05) is 0 Å². The summed E-state index contributed by atoms with van der Waals surface area (Å²) in [7, 11) is 0. The molecule has 37 heavy (non-hydrogen) atoms. The fourth-order valence-corrected chi connectivity index (χ4v) is 3.56. The summed E-state index contributed by atoms with van der Waals surface area (Å²) in [6.45, 7) is 34.2. The standard InChI is InChI=1S/C29H60N8/c1-17(2)30-26(31-18(3)4)25(27(32-19(5)6)33-20(7)8)28(34-21(9)10)37(24(15)16)29(35-22(11)12)36-23(13)14/h17-24,30-31H,1-16H3,(H,32,33)(H,35,36). The van der Waals surface area contributed by atoms with Gasteiger partial charge in [-0.05, 0) is 111 Å². The van der Waals surface area contributed by atoms with Crippen molar-refractivity contribution < 1.29 is 0 Å². The molecule has 0 unspecified atom stereocenters. The van der Waals surface area contributed by atoms with Gasteiger partial charge in [-0.15, -0.1) is 0 Å². The minimum Gasteiger partial charge on any atom is -0.369 e. The van der Waals surface area contributed by atoms with Crippen LogP contribution in [0.1, 0.15) is 111 Å². The molecule has 0 rings (SSSR count). The van der Waals surface area contributed by atoms with Crippen LogP contribution in [0.25, 0.3) is 0 Å². The molecule has 0 spiro atoms. The third-order valence-electron chi connectivity index (χ3n) is 4.54. The van der Waals surface area contributed by atoms with Crippen LogP contribution >= 0.6 is 0 Å². The molecule has 4 N–H and O–H groups in total. The Balaban J connectivity index is 7.87. The van der Waals surface area contributed by atoms with Crippen molar-refractivity contribution >= 4 is 17.6 Å². The summed E-state index contributed by atoms with van der Waals surface area (Å²) in [6.07, 6.45) is 0. The maximum atomic E-state index is 5.27. The largest absolute Gasteiger partial charge is 0.369 e. The Morgan fingerprint density at radius 2 is 0.892 bits per heavy atom. The van der Waals surface area contributed by atoms with E-state index in [0.29, 0.717) is 0 Å². The van der Waals surface area contributed by atoms with Crippen LogP contribution in [0.2, 0.25) is 0 Å². The summed E-state index contributed by atoms with van der Waals surface area (Å²) in [5.74, 6) is 3.39. The summed E-state index contributed by atoms with van der Waals surface area (Å²) >= 11 is 0. The minimum atomic E-state index is 0.0595. The molecule has 0 fully saturated rings. The lowest BCUT2D eigenvalue weighted by Gasteiger charge is -2.36. The average Bonchev–Trinajstić information content (AvgIpc) is 2.64. The smallest absolute Gasteiger partial charge is 0.200 e. The van der Waals surface area contributed by atoms with Crippen LogP contribution in [-0.4, -0.2) is 70.9 Å². The fraction of sp³-hybridized carbons (Fsp3) is 0.828. The van der Waals surface area contributed by atoms with E-state index in [1.165, 1.54) is 0 Å². The highest BCUT2D eigenvalue weighted by molar-refractivity contribution is 6.26. The van der Waals surface area contributed by atoms with Gasteiger partial charge in [-0.3, -0.25) is 19.9 Å². The molecule has 0 atom stereocenters. The van der Waals surface area contributed by atoms with Gasteiger partial charge >= 0.3 is 0 Å². The van der Waals surface area contributed by atoms with Gasteiger partial charge in [0.25, 0.3) is 0 Å². The second-order valence-corrected chi connectivity index (χ2v) is 12.1. The molecule has 0 aromatic carbocycles. The minimum absolute atomic E-state index is 0.0595. The maximum Gasteiger partial charge on any atom is 0.200 e. The van der Waals surface area contributed by atoms with Gasteiger partial charge in [0.05, 0.1) is 5.57 Å². The number of hydrogen-bond donors (Lipinski definition) is 4. The zero-order chi connectivity index (χ0) is 29.0. The molecule has 0 aromatic rings. The molecule has 0 heterocycles. The van der Waals surface area contributed by atoms with Crippen molar-refractivity contribution in [1.82, 2.24) is 26.2 Å². The van der Waals surface area contributed by atoms with Gasteiger partial charge in [0, 0.05) is 48.3 Å². The summed E-state index contributed by atoms with van der Waals surface area (Å²) < 4.78 is 0. The van der Waals surface area contributed by atoms with Gasteiger partial charge in [-0.2, -0.15) is 0 Å². The summed E-state index contributed by atoms with van der Waals surface area (Å²) in [5, 5.41) is 14.6. The summed E-state index contributed by atoms with van der Waals surface area (Å²) in [5.41, 5.74) is 0.925. The van der Waals surface area contributed by atoms with Gasteiger partial charge in [-0.1, -0.05) is 0 Å². The first-order valence-corrected chi connectivity index (χ1v) is 14.3. The zero-order valence-electron chi connectivity index (χ0n) is 26.9. The van der Waals surface area contributed by atoms with Crippen LogP contribution in [0.4, 0.5) is 0 Å². The first-order chi connectivity index (χ1) is 17.0. The van der Waals surface area contributed by atoms with E-state index in [1.54, 1.807) is 0 Å². The van der Waals surface area contributed by atoms with Crippen molar-refractivity contribution in [1.29, 1.82) is 0 Å². The van der Waals surface area contributed by atoms with Crippen molar-refractivity contribution in [2.75, 3.05) is 0 Å². The molecular formula is C29H60N8. The number of amidine groups is 2. The number of rotatable bonds is 12. The monoisotopic (exact) mass is 520 g/mol. The van der Waals surface area contributed by atoms with E-state index in [0.717, 1.165) is 29.0 Å². The highest BCUT2D eigenvalue weighted by atomic mass is 15.4. The van der Waals surface area contributed by atoms with Gasteiger partial charge < -0.3 is 21.3 Å². The normalized spacial score (nSPS) is 13.7. The number of aliphatic imine (C=N–C) groups is 3. The Bertz CT molecular complexity index is 772. The van der Waals surface area contributed by atoms with Crippen molar-refractivity contribution in [3.63, 3.8) is 0 Å². The van der Waals surface area contributed by atoms with Crippen LogP contribution in [0.3, 0.4) is 0 Å². The van der Waals surface area contributed by atoms with Gasteiger partial charge in [-0.25, -0.2) is 0 Å². The zero-order valence-corrected chi connectivity index (χ0v) is 26.9. The maximum absolute atomic E-state index is 5.27. The Labute approximate surface area is 229 Å². The first-order valence-electron chi connectivity index (χ1n) is 14.3. The highest BCUT2D eigenvalue weighted by Gasteiger charge is 2.31. The molecule has 216 valence electrons. The average molecular weight is 521 g/mol. The van der Waals surface area contributed by atoms with Crippen LogP contribution < -0.4 is 21.3 Å². The number of nitrogens with zero attached hydrogens (tertiary/aromatic N) is 4. The van der Waals surface area contributed by atoms with Gasteiger partial charge in [0.2, 0.25) is 0 Å². The van der Waals surface area contributed by atoms with E-state index in [4.69, 9.17) is 15.0 Å². The molecule has 0 saturated heterocycles. The van der Waals surface area contributed by atoms with Crippen LogP contribution in [0, 0.1) is 0 Å². The molecule has 0 aliphatic rings. The van der Waals surface area contributed by atoms with Crippen LogP contribution in [0.5, 0.6) is 0 Å². The van der Waals surface area contributed by atoms with Crippen molar-refractivity contribution in [2.24, 2.45) is 15.0 Å². The molecular weight excluding hydrogens is 460 g/mol. The molecule has 8 heteroatoms. The molecule has 0 radical (unpaired) electrons. The van der Waals surface area contributed by atoms with Gasteiger partial charge in [0.1, 0.15) is 17.5 Å². The Hall–Kier alpha value is -2.25. The van der Waals surface area contributed by atoms with E-state index in [-0.39, 0.29) is 48.3 Å². The predicted molar refractivity (Wildman–Crippen MR) is 165 cm³/mol. The van der Waals surface area contributed by atoms with Gasteiger partial charge in [0.15, 0.2) is 5.96 Å². The summed E-state index contributed by atoms with van der Waals surface area (Å²) in [6, 6.07) is 1.19. The summed E-state index contributed by atoms with van der Waals surface area (Å²) in [4.78, 5) is 17.6. The van der Waals surface area contributed by atoms with E-state index in [9.17, 15) is 0 Å². The third-order valence-corrected chi connectivity index (χ3v) is 4.54. The lowest BCUT2D eigenvalue weighted by atomic mass is 10.1. The second kappa shape index (κ2) is 16.6. The molecule has 0 aromatic heterocycles. The van der Waals surface area contributed by atoms with Crippen LogP contribution in [-0.2, 0) is 0 Å². The van der Waals surface area contributed by atoms with Crippen molar-refractivity contribution in [3.05, 3.63) is 11.4 Å². The number of nitrogens with one attached hydrogen (secondary N) is 4. The third kappa shape index (κ3) is 13.7. The molecule has 0 amide bonds. The number of guanidine groups is 1. The fourth-order valence-electron chi connectivity index (χ4n) is 3.56. The topological polar surface area (TPSA) is 88.4 Å². The molecule has 0 aliphatic carbocycles. The lowest BCUT2D eigenvalue weighted by molar-refractivity contribution is 0.464. The van der Waals surface area contributed by atoms with Crippen molar-refractivity contribution in [3.8, 4) is 0 Å². The highest BCUT2D eigenvalue weighted by Crippen LogP contribution is 2.18. The van der Waals surface area contributed by atoms with E-state index >= 15 is 0 Å². The quantitative estimate of drug-likeness (QED) is 0.208. The molecule has 0 aliphatic heterocycles. The van der Waals surface area contributed by atoms with Crippen molar-refractivity contribution in [2.45, 2.75) is 159 Å². The Morgan fingerprint density at radius 1 is 0.486 bits per heavy atom. The Kier molecular flexibility index (Phi) is 15.6. The molecule has 8 nitrogen and oxygen atoms in total. The Morgan fingerprint density at radius 3 is 1.22 bits per heavy atom. The predicted octanol–water partition coefficient (Wildman–Crippen LogP) is 5.28. The SMILES string of the molecule is CC(C)N=C(NC(C)C)C(C(=NC(C)C)N(C(=NC(C)C)NC(C)C)C(C)C)=C(NC(C)C)NC(C)C. The molecule has 0 saturated carbocycles.